The third-order valence-corrected chi connectivity index (χ3v) is 3.37. The molecule has 14 heavy (non-hydrogen) atoms. The minimum absolute atomic E-state index is 0. The summed E-state index contributed by atoms with van der Waals surface area (Å²) in [6, 6.07) is 8.51. The van der Waals surface area contributed by atoms with Crippen LogP contribution in [-0.4, -0.2) is 16.4 Å². The fraction of sp³-hybridized carbons (Fsp3) is 0.273. The molecule has 1 unspecified atom stereocenters. The molecule has 1 atom stereocenters. The maximum atomic E-state index is 5.45. The second-order valence-electron chi connectivity index (χ2n) is 3.02. The molecular formula is C11H12LiOSi+. The van der Waals surface area contributed by atoms with Crippen LogP contribution in [0.25, 0.3) is 6.08 Å². The molecule has 1 aromatic carbocycles. The Hall–Kier alpha value is -0.266. The van der Waals surface area contributed by atoms with Crippen molar-refractivity contribution in [3.8, 4) is 0 Å². The van der Waals surface area contributed by atoms with Crippen LogP contribution in [0.3, 0.4) is 0 Å². The first-order chi connectivity index (χ1) is 6.42. The summed E-state index contributed by atoms with van der Waals surface area (Å²) in [5.41, 5.74) is 3.25. The molecule has 3 heteroatoms. The van der Waals surface area contributed by atoms with Crippen molar-refractivity contribution < 1.29 is 23.3 Å². The Labute approximate surface area is 99.7 Å². The average molecular weight is 195 g/mol. The Morgan fingerprint density at radius 2 is 2.14 bits per heavy atom. The van der Waals surface area contributed by atoms with Gasteiger partial charge >= 0.3 is 18.9 Å². The van der Waals surface area contributed by atoms with E-state index >= 15 is 0 Å². The number of allylic oxidation sites excluding steroid dienone is 1. The Morgan fingerprint density at radius 1 is 1.36 bits per heavy atom. The molecule has 0 N–H and O–H groups in total. The molecule has 0 fully saturated rings. The third-order valence-electron chi connectivity index (χ3n) is 2.15. The van der Waals surface area contributed by atoms with E-state index in [-0.39, 0.29) is 18.9 Å². The Bertz CT molecular complexity index is 325. The van der Waals surface area contributed by atoms with E-state index in [0.29, 0.717) is 15.3 Å². The van der Waals surface area contributed by atoms with Gasteiger partial charge in [-0.15, -0.1) is 0 Å². The summed E-state index contributed by atoms with van der Waals surface area (Å²) in [4.78, 5) is 0. The number of rotatable bonds is 3. The number of hydrogen-bond donors (Lipinski definition) is 0. The van der Waals surface area contributed by atoms with Crippen molar-refractivity contribution in [2.45, 2.75) is 12.5 Å². The maximum Gasteiger partial charge on any atom is 1.00 e. The third kappa shape index (κ3) is 2.40. The maximum absolute atomic E-state index is 5.45. The van der Waals surface area contributed by atoms with E-state index in [9.17, 15) is 0 Å². The summed E-state index contributed by atoms with van der Waals surface area (Å²) in [5, 5.41) is 0. The van der Waals surface area contributed by atoms with E-state index in [1.165, 1.54) is 11.1 Å². The first-order valence-electron chi connectivity index (χ1n) is 4.56. The molecule has 0 saturated heterocycles. The zero-order chi connectivity index (χ0) is 9.10. The van der Waals surface area contributed by atoms with Crippen molar-refractivity contribution in [1.82, 2.24) is 0 Å². The molecule has 1 aliphatic carbocycles. The SMILES string of the molecule is CCO[Si]C1C=Cc2ccccc21.[Li+]. The van der Waals surface area contributed by atoms with E-state index in [1.807, 2.05) is 6.92 Å². The van der Waals surface area contributed by atoms with Crippen molar-refractivity contribution in [3.63, 3.8) is 0 Å². The molecule has 0 aromatic heterocycles. The van der Waals surface area contributed by atoms with Crippen LogP contribution in [0.1, 0.15) is 23.6 Å². The molecule has 2 rings (SSSR count). The van der Waals surface area contributed by atoms with Crippen molar-refractivity contribution in [2.75, 3.05) is 6.61 Å². The van der Waals surface area contributed by atoms with E-state index in [4.69, 9.17) is 4.43 Å². The van der Waals surface area contributed by atoms with Crippen molar-refractivity contribution in [2.24, 2.45) is 0 Å². The summed E-state index contributed by atoms with van der Waals surface area (Å²) in [7, 11) is 0.566. The second-order valence-corrected chi connectivity index (χ2v) is 4.16. The van der Waals surface area contributed by atoms with Gasteiger partial charge in [-0.25, -0.2) is 0 Å². The van der Waals surface area contributed by atoms with Gasteiger partial charge in [-0.2, -0.15) is 0 Å². The second kappa shape index (κ2) is 5.58. The molecule has 66 valence electrons. The number of hydrogen-bond acceptors (Lipinski definition) is 1. The monoisotopic (exact) mass is 195 g/mol. The van der Waals surface area contributed by atoms with Crippen LogP contribution in [0.15, 0.2) is 30.3 Å². The van der Waals surface area contributed by atoms with Crippen LogP contribution in [0.5, 0.6) is 0 Å². The van der Waals surface area contributed by atoms with E-state index in [0.717, 1.165) is 6.61 Å². The fourth-order valence-corrected chi connectivity index (χ4v) is 2.44. The van der Waals surface area contributed by atoms with Crippen molar-refractivity contribution in [3.05, 3.63) is 41.5 Å². The predicted molar refractivity (Wildman–Crippen MR) is 55.6 cm³/mol. The Kier molecular flexibility index (Phi) is 4.70. The number of benzene rings is 1. The van der Waals surface area contributed by atoms with Crippen LogP contribution >= 0.6 is 0 Å². The molecule has 0 amide bonds. The fourth-order valence-electron chi connectivity index (χ4n) is 1.53. The summed E-state index contributed by atoms with van der Waals surface area (Å²) in [6.07, 6.45) is 4.42. The summed E-state index contributed by atoms with van der Waals surface area (Å²) in [5.74, 6) is 0. The molecule has 0 heterocycles. The van der Waals surface area contributed by atoms with Gasteiger partial charge in [-0.1, -0.05) is 36.4 Å². The minimum atomic E-state index is 0. The Balaban J connectivity index is 0.000000980. The standard InChI is InChI=1S/C11H12OSi.Li/c1-2-12-13-11-8-7-9-5-3-4-6-10(9)11;/h3-8,11H,2H2,1H3;/q;+1. The molecular weight excluding hydrogens is 183 g/mol. The van der Waals surface area contributed by atoms with Gasteiger partial charge in [0, 0.05) is 12.1 Å². The quantitative estimate of drug-likeness (QED) is 0.586. The molecule has 1 aromatic rings. The normalized spacial score (nSPS) is 17.6. The molecule has 0 bridgehead atoms. The van der Waals surface area contributed by atoms with Gasteiger partial charge in [0.15, 0.2) is 0 Å². The molecule has 0 spiro atoms. The van der Waals surface area contributed by atoms with E-state index in [1.54, 1.807) is 0 Å². The first-order valence-corrected chi connectivity index (χ1v) is 5.55. The van der Waals surface area contributed by atoms with Gasteiger partial charge in [0.05, 0.1) is 0 Å². The van der Waals surface area contributed by atoms with Gasteiger partial charge in [0.2, 0.25) is 9.76 Å². The molecule has 1 aliphatic rings. The van der Waals surface area contributed by atoms with Gasteiger partial charge < -0.3 is 4.43 Å². The molecule has 0 saturated carbocycles. The van der Waals surface area contributed by atoms with Gasteiger partial charge in [0.1, 0.15) is 0 Å². The molecule has 0 aliphatic heterocycles. The number of fused-ring (bicyclic) bond motifs is 1. The average Bonchev–Trinajstić information content (AvgIpc) is 2.58. The van der Waals surface area contributed by atoms with Crippen LogP contribution in [0.2, 0.25) is 0 Å². The van der Waals surface area contributed by atoms with Crippen LogP contribution in [0, 0.1) is 0 Å². The predicted octanol–water partition coefficient (Wildman–Crippen LogP) is -0.586. The summed E-state index contributed by atoms with van der Waals surface area (Å²) in [6.45, 7) is 2.85. The van der Waals surface area contributed by atoms with E-state index < -0.39 is 0 Å². The van der Waals surface area contributed by atoms with Gasteiger partial charge in [-0.3, -0.25) is 0 Å². The van der Waals surface area contributed by atoms with Crippen molar-refractivity contribution >= 4 is 15.8 Å². The van der Waals surface area contributed by atoms with Crippen LogP contribution in [-0.2, 0) is 4.43 Å². The van der Waals surface area contributed by atoms with Gasteiger partial charge in [0.25, 0.3) is 0 Å². The largest absolute Gasteiger partial charge is 1.00 e. The van der Waals surface area contributed by atoms with E-state index in [2.05, 4.69) is 36.4 Å². The van der Waals surface area contributed by atoms with Crippen LogP contribution in [0.4, 0.5) is 0 Å². The summed E-state index contributed by atoms with van der Waals surface area (Å²) < 4.78 is 5.45. The molecule has 2 radical (unpaired) electrons. The zero-order valence-electron chi connectivity index (χ0n) is 8.66. The minimum Gasteiger partial charge on any atom is -0.417 e. The topological polar surface area (TPSA) is 9.23 Å². The molecule has 1 nitrogen and oxygen atoms in total. The van der Waals surface area contributed by atoms with Gasteiger partial charge in [-0.05, 0) is 18.1 Å². The summed E-state index contributed by atoms with van der Waals surface area (Å²) >= 11 is 0. The zero-order valence-corrected chi connectivity index (χ0v) is 9.66. The Morgan fingerprint density at radius 3 is 2.93 bits per heavy atom. The smallest absolute Gasteiger partial charge is 0.417 e. The van der Waals surface area contributed by atoms with Crippen LogP contribution < -0.4 is 18.9 Å². The van der Waals surface area contributed by atoms with Crippen molar-refractivity contribution in [1.29, 1.82) is 0 Å². The first kappa shape index (κ1) is 11.8.